The Morgan fingerprint density at radius 2 is 2.28 bits per heavy atom. The van der Waals surface area contributed by atoms with Gasteiger partial charge in [-0.1, -0.05) is 12.8 Å². The molecule has 4 N–H and O–H groups in total. The average molecular weight is 365 g/mol. The Kier molecular flexibility index (Phi) is 6.11. The van der Waals surface area contributed by atoms with Gasteiger partial charge in [0, 0.05) is 11.9 Å². The number of nitrogens with one attached hydrogen (secondary N) is 2. The van der Waals surface area contributed by atoms with Gasteiger partial charge in [0.1, 0.15) is 12.4 Å². The molecule has 1 aliphatic carbocycles. The van der Waals surface area contributed by atoms with Crippen molar-refractivity contribution in [3.05, 3.63) is 18.2 Å². The first-order valence-corrected chi connectivity index (χ1v) is 9.38. The van der Waals surface area contributed by atoms with Gasteiger partial charge >= 0.3 is 7.12 Å². The Morgan fingerprint density at radius 1 is 1.48 bits per heavy atom. The molecule has 1 aromatic carbocycles. The molecule has 3 rings (SSSR count). The Labute approximate surface area is 152 Å². The van der Waals surface area contributed by atoms with Crippen LogP contribution in [0.4, 0.5) is 5.69 Å². The van der Waals surface area contributed by atoms with Crippen molar-refractivity contribution >= 4 is 30.7 Å². The maximum absolute atomic E-state index is 12.0. The van der Waals surface area contributed by atoms with Gasteiger partial charge in [-0.25, -0.2) is 0 Å². The highest BCUT2D eigenvalue weighted by molar-refractivity contribution is 7.97. The van der Waals surface area contributed by atoms with Crippen LogP contribution in [-0.2, 0) is 4.79 Å². The average Bonchev–Trinajstić information content (AvgIpc) is 3.39. The lowest BCUT2D eigenvalue weighted by atomic mass is 9.76. The van der Waals surface area contributed by atoms with Gasteiger partial charge in [0.25, 0.3) is 0 Å². The number of hydrogen-bond donors (Lipinski definition) is 4. The lowest BCUT2D eigenvalue weighted by molar-refractivity contribution is -0.120. The predicted octanol–water partition coefficient (Wildman–Crippen LogP) is 0.409. The molecule has 1 atom stereocenters. The molecular formula is C16H24BN3O4S. The second-order valence-electron chi connectivity index (χ2n) is 6.59. The molecule has 7 nitrogen and oxygen atoms in total. The molecule has 0 radical (unpaired) electrons. The van der Waals surface area contributed by atoms with E-state index in [0.29, 0.717) is 18.9 Å². The van der Waals surface area contributed by atoms with Gasteiger partial charge in [-0.15, -0.1) is 0 Å². The summed E-state index contributed by atoms with van der Waals surface area (Å²) in [7, 11) is 0.505. The lowest BCUT2D eigenvalue weighted by Crippen LogP contribution is -2.48. The second-order valence-corrected chi connectivity index (χ2v) is 7.55. The number of rotatable bonds is 8. The number of fused-ring (bicyclic) bond motifs is 1. The molecule has 2 aliphatic rings. The smallest absolute Gasteiger partial charge is 0.475 e. The first kappa shape index (κ1) is 18.4. The molecule has 0 saturated heterocycles. The molecule has 1 fully saturated rings. The molecular weight excluding hydrogens is 341 g/mol. The van der Waals surface area contributed by atoms with Crippen LogP contribution in [0.2, 0.25) is 0 Å². The van der Waals surface area contributed by atoms with Gasteiger partial charge in [-0.3, -0.25) is 9.52 Å². The Morgan fingerprint density at radius 3 is 3.00 bits per heavy atom. The number of anilines is 1. The maximum atomic E-state index is 12.0. The van der Waals surface area contributed by atoms with E-state index in [1.165, 1.54) is 11.9 Å². The van der Waals surface area contributed by atoms with E-state index in [2.05, 4.69) is 14.9 Å². The zero-order chi connectivity index (χ0) is 17.8. The van der Waals surface area contributed by atoms with Crippen LogP contribution in [0.25, 0.3) is 0 Å². The van der Waals surface area contributed by atoms with Crippen molar-refractivity contribution in [1.82, 2.24) is 10.0 Å². The van der Waals surface area contributed by atoms with Crippen LogP contribution in [-0.4, -0.2) is 55.8 Å². The highest BCUT2D eigenvalue weighted by Gasteiger charge is 2.32. The topological polar surface area (TPSA) is 94.1 Å². The Bertz CT molecular complexity index is 615. The van der Waals surface area contributed by atoms with Crippen LogP contribution >= 0.6 is 11.9 Å². The van der Waals surface area contributed by atoms with E-state index < -0.39 is 13.1 Å². The molecule has 1 aromatic rings. The second kappa shape index (κ2) is 8.31. The summed E-state index contributed by atoms with van der Waals surface area (Å²) in [6.07, 6.45) is 2.82. The molecule has 1 amide bonds. The zero-order valence-electron chi connectivity index (χ0n) is 14.3. The third-order valence-electron chi connectivity index (χ3n) is 4.44. The molecule has 1 aliphatic heterocycles. The summed E-state index contributed by atoms with van der Waals surface area (Å²) < 4.78 is 8.63. The number of nitrogens with zero attached hydrogens (tertiary/aromatic N) is 1. The highest BCUT2D eigenvalue weighted by atomic mass is 32.2. The minimum atomic E-state index is -1.52. The standard InChI is InChI=1S/C16H24BN3O4S/c1-20-6-7-24-14-5-4-12(9-13(14)20)25-18-10-16(21)19-15(17(22)23)8-11-2-3-11/h4-5,9,11,15,18,22-23H,2-3,6-8,10H2,1H3,(H,19,21). The van der Waals surface area contributed by atoms with Gasteiger partial charge in [0.2, 0.25) is 5.91 Å². The van der Waals surface area contributed by atoms with Gasteiger partial charge < -0.3 is 25.0 Å². The molecule has 0 bridgehead atoms. The summed E-state index contributed by atoms with van der Waals surface area (Å²) in [5, 5.41) is 21.4. The van der Waals surface area contributed by atoms with E-state index in [-0.39, 0.29) is 12.5 Å². The van der Waals surface area contributed by atoms with Crippen LogP contribution in [0, 0.1) is 5.92 Å². The quantitative estimate of drug-likeness (QED) is 0.392. The van der Waals surface area contributed by atoms with Crippen molar-refractivity contribution in [3.8, 4) is 5.75 Å². The fourth-order valence-electron chi connectivity index (χ4n) is 2.80. The maximum Gasteiger partial charge on any atom is 0.475 e. The molecule has 1 saturated carbocycles. The first-order chi connectivity index (χ1) is 12.0. The van der Waals surface area contributed by atoms with E-state index in [0.717, 1.165) is 35.7 Å². The number of carbonyl (C=O) groups is 1. The molecule has 9 heteroatoms. The number of amides is 1. The predicted molar refractivity (Wildman–Crippen MR) is 98.5 cm³/mol. The minimum Gasteiger partial charge on any atom is -0.490 e. The summed E-state index contributed by atoms with van der Waals surface area (Å²) in [6.45, 7) is 1.64. The molecule has 1 unspecified atom stereocenters. The molecule has 136 valence electrons. The van der Waals surface area contributed by atoms with Crippen LogP contribution in [0.15, 0.2) is 23.1 Å². The zero-order valence-corrected chi connectivity index (χ0v) is 15.1. The minimum absolute atomic E-state index is 0.0992. The third-order valence-corrected chi connectivity index (χ3v) is 5.22. The fraction of sp³-hybridized carbons (Fsp3) is 0.562. The normalized spacial score (nSPS) is 17.5. The van der Waals surface area contributed by atoms with Crippen molar-refractivity contribution in [3.63, 3.8) is 0 Å². The van der Waals surface area contributed by atoms with Crippen LogP contribution in [0.1, 0.15) is 19.3 Å². The fourth-order valence-corrected chi connectivity index (χ4v) is 3.48. The summed E-state index contributed by atoms with van der Waals surface area (Å²) in [5.41, 5.74) is 1.04. The van der Waals surface area contributed by atoms with E-state index >= 15 is 0 Å². The van der Waals surface area contributed by atoms with Gasteiger partial charge in [-0.2, -0.15) is 0 Å². The summed E-state index contributed by atoms with van der Waals surface area (Å²) in [4.78, 5) is 15.1. The highest BCUT2D eigenvalue weighted by Crippen LogP contribution is 2.34. The van der Waals surface area contributed by atoms with Crippen LogP contribution in [0.5, 0.6) is 5.75 Å². The molecule has 1 heterocycles. The number of benzene rings is 1. The SMILES string of the molecule is CN1CCOc2ccc(SNCC(=O)NC(CC3CC3)B(O)O)cc21. The summed E-state index contributed by atoms with van der Waals surface area (Å²) in [6, 6.07) is 5.90. The van der Waals surface area contributed by atoms with Gasteiger partial charge in [-0.05, 0) is 42.5 Å². The first-order valence-electron chi connectivity index (χ1n) is 8.56. The van der Waals surface area contributed by atoms with E-state index in [9.17, 15) is 14.8 Å². The number of carbonyl (C=O) groups excluding carboxylic acids is 1. The Balaban J connectivity index is 1.45. The van der Waals surface area contributed by atoms with Gasteiger partial charge in [0.05, 0.1) is 24.7 Å². The van der Waals surface area contributed by atoms with Crippen LogP contribution < -0.4 is 19.7 Å². The molecule has 0 spiro atoms. The largest absolute Gasteiger partial charge is 0.490 e. The van der Waals surface area contributed by atoms with Crippen molar-refractivity contribution in [2.24, 2.45) is 5.92 Å². The van der Waals surface area contributed by atoms with Crippen LogP contribution in [0.3, 0.4) is 0 Å². The van der Waals surface area contributed by atoms with Gasteiger partial charge in [0.15, 0.2) is 0 Å². The summed E-state index contributed by atoms with van der Waals surface area (Å²) >= 11 is 1.37. The number of hydrogen-bond acceptors (Lipinski definition) is 7. The lowest BCUT2D eigenvalue weighted by Gasteiger charge is -2.28. The molecule has 0 aromatic heterocycles. The van der Waals surface area contributed by atoms with E-state index in [1.54, 1.807) is 0 Å². The number of likely N-dealkylation sites (N-methyl/N-ethyl adjacent to an activating group) is 1. The van der Waals surface area contributed by atoms with Crippen molar-refractivity contribution < 1.29 is 19.6 Å². The van der Waals surface area contributed by atoms with E-state index in [4.69, 9.17) is 4.74 Å². The Hall–Kier alpha value is -1.42. The van der Waals surface area contributed by atoms with Crippen molar-refractivity contribution in [2.75, 3.05) is 31.6 Å². The van der Waals surface area contributed by atoms with Crippen molar-refractivity contribution in [2.45, 2.75) is 30.1 Å². The molecule has 25 heavy (non-hydrogen) atoms. The number of ether oxygens (including phenoxy) is 1. The third kappa shape index (κ3) is 5.28. The van der Waals surface area contributed by atoms with Crippen molar-refractivity contribution in [1.29, 1.82) is 0 Å². The summed E-state index contributed by atoms with van der Waals surface area (Å²) in [5.74, 6) is 0.533. The van der Waals surface area contributed by atoms with E-state index in [1.807, 2.05) is 25.2 Å². The monoisotopic (exact) mass is 365 g/mol.